The molecule has 6 heteroatoms. The van der Waals surface area contributed by atoms with Gasteiger partial charge in [-0.05, 0) is 30.7 Å². The van der Waals surface area contributed by atoms with Crippen LogP contribution in [0.4, 0.5) is 0 Å². The van der Waals surface area contributed by atoms with Crippen LogP contribution in [0.15, 0.2) is 49.1 Å². The van der Waals surface area contributed by atoms with Crippen LogP contribution < -0.4 is 0 Å². The summed E-state index contributed by atoms with van der Waals surface area (Å²) in [7, 11) is 0. The summed E-state index contributed by atoms with van der Waals surface area (Å²) in [6, 6.07) is 6.86. The summed E-state index contributed by atoms with van der Waals surface area (Å²) in [6.45, 7) is 2.39. The Morgan fingerprint density at radius 2 is 1.09 bits per heavy atom. The van der Waals surface area contributed by atoms with Crippen LogP contribution in [0, 0.1) is 0 Å². The highest BCUT2D eigenvalue weighted by Gasteiger charge is 2.23. The Bertz CT molecular complexity index is 616. The molecular weight excluding hydrogens is 292 g/mol. The average molecular weight is 310 g/mol. The topological polar surface area (TPSA) is 66.4 Å². The van der Waals surface area contributed by atoms with Crippen LogP contribution >= 0.6 is 0 Å². The van der Waals surface area contributed by atoms with Crippen LogP contribution in [0.1, 0.15) is 27.1 Å². The highest BCUT2D eigenvalue weighted by Crippen LogP contribution is 2.11. The maximum atomic E-state index is 12.5. The zero-order chi connectivity index (χ0) is 16.1. The molecule has 1 fully saturated rings. The lowest BCUT2D eigenvalue weighted by Gasteiger charge is -2.22. The highest BCUT2D eigenvalue weighted by molar-refractivity contribution is 5.95. The van der Waals surface area contributed by atoms with E-state index in [0.29, 0.717) is 37.3 Å². The maximum Gasteiger partial charge on any atom is 0.254 e. The third kappa shape index (κ3) is 3.53. The summed E-state index contributed by atoms with van der Waals surface area (Å²) in [5, 5.41) is 0. The summed E-state index contributed by atoms with van der Waals surface area (Å²) >= 11 is 0. The molecular formula is C17H18N4O2. The van der Waals surface area contributed by atoms with Crippen LogP contribution in [0.5, 0.6) is 0 Å². The van der Waals surface area contributed by atoms with Crippen molar-refractivity contribution in [3.8, 4) is 0 Å². The summed E-state index contributed by atoms with van der Waals surface area (Å²) in [5.74, 6) is -0.0174. The van der Waals surface area contributed by atoms with E-state index in [1.807, 2.05) is 0 Å². The second kappa shape index (κ2) is 7.00. The van der Waals surface area contributed by atoms with E-state index < -0.39 is 0 Å². The third-order valence-corrected chi connectivity index (χ3v) is 3.92. The zero-order valence-electron chi connectivity index (χ0n) is 12.8. The van der Waals surface area contributed by atoms with Crippen molar-refractivity contribution < 1.29 is 9.59 Å². The Labute approximate surface area is 134 Å². The molecule has 0 aliphatic carbocycles. The van der Waals surface area contributed by atoms with Gasteiger partial charge in [-0.25, -0.2) is 0 Å². The van der Waals surface area contributed by atoms with Crippen molar-refractivity contribution in [3.05, 3.63) is 60.2 Å². The Balaban J connectivity index is 1.66. The molecule has 2 aromatic heterocycles. The quantitative estimate of drug-likeness (QED) is 0.842. The van der Waals surface area contributed by atoms with Crippen LogP contribution in [-0.2, 0) is 0 Å². The second-order valence-corrected chi connectivity index (χ2v) is 5.41. The number of aromatic nitrogens is 2. The first-order chi connectivity index (χ1) is 11.3. The smallest absolute Gasteiger partial charge is 0.254 e. The van der Waals surface area contributed by atoms with Crippen molar-refractivity contribution in [1.82, 2.24) is 19.8 Å². The van der Waals surface area contributed by atoms with E-state index in [1.165, 1.54) is 0 Å². The molecule has 118 valence electrons. The second-order valence-electron chi connectivity index (χ2n) is 5.41. The number of rotatable bonds is 2. The number of hydrogen-bond acceptors (Lipinski definition) is 4. The largest absolute Gasteiger partial charge is 0.337 e. The van der Waals surface area contributed by atoms with E-state index >= 15 is 0 Å². The first-order valence-electron chi connectivity index (χ1n) is 7.64. The molecule has 3 rings (SSSR count). The minimum Gasteiger partial charge on any atom is -0.337 e. The molecule has 6 nitrogen and oxygen atoms in total. The lowest BCUT2D eigenvalue weighted by molar-refractivity contribution is 0.0718. The van der Waals surface area contributed by atoms with Gasteiger partial charge in [-0.1, -0.05) is 0 Å². The minimum absolute atomic E-state index is 0.00869. The highest BCUT2D eigenvalue weighted by atomic mass is 16.2. The van der Waals surface area contributed by atoms with Gasteiger partial charge in [-0.15, -0.1) is 0 Å². The monoisotopic (exact) mass is 310 g/mol. The van der Waals surface area contributed by atoms with Crippen LogP contribution in [0.3, 0.4) is 0 Å². The number of carbonyl (C=O) groups is 2. The summed E-state index contributed by atoms with van der Waals surface area (Å²) in [6.07, 6.45) is 7.23. The van der Waals surface area contributed by atoms with Gasteiger partial charge in [-0.3, -0.25) is 19.6 Å². The number of carbonyl (C=O) groups excluding carboxylic acids is 2. The predicted molar refractivity (Wildman–Crippen MR) is 84.9 cm³/mol. The van der Waals surface area contributed by atoms with Gasteiger partial charge in [0.2, 0.25) is 0 Å². The maximum absolute atomic E-state index is 12.5. The molecule has 0 spiro atoms. The Morgan fingerprint density at radius 1 is 0.696 bits per heavy atom. The molecule has 0 saturated carbocycles. The molecule has 0 unspecified atom stereocenters. The first-order valence-corrected chi connectivity index (χ1v) is 7.64. The van der Waals surface area contributed by atoms with Crippen molar-refractivity contribution in [2.45, 2.75) is 6.42 Å². The summed E-state index contributed by atoms with van der Waals surface area (Å²) in [4.78, 5) is 36.4. The van der Waals surface area contributed by atoms with Crippen molar-refractivity contribution in [2.24, 2.45) is 0 Å². The fourth-order valence-electron chi connectivity index (χ4n) is 2.68. The number of amides is 2. The van der Waals surface area contributed by atoms with E-state index in [-0.39, 0.29) is 11.8 Å². The van der Waals surface area contributed by atoms with Gasteiger partial charge >= 0.3 is 0 Å². The Kier molecular flexibility index (Phi) is 4.61. The Hall–Kier alpha value is -2.76. The van der Waals surface area contributed by atoms with Gasteiger partial charge in [-0.2, -0.15) is 0 Å². The first kappa shape index (κ1) is 15.1. The van der Waals surface area contributed by atoms with Gasteiger partial charge in [0.15, 0.2) is 0 Å². The molecule has 1 aliphatic heterocycles. The number of pyridine rings is 2. The van der Waals surface area contributed by atoms with Crippen LogP contribution in [0.25, 0.3) is 0 Å². The number of hydrogen-bond donors (Lipinski definition) is 0. The normalized spacial score (nSPS) is 15.1. The zero-order valence-corrected chi connectivity index (χ0v) is 12.8. The molecule has 1 saturated heterocycles. The predicted octanol–water partition coefficient (Wildman–Crippen LogP) is 1.46. The van der Waals surface area contributed by atoms with E-state index in [1.54, 1.807) is 58.9 Å². The van der Waals surface area contributed by atoms with Crippen LogP contribution in [-0.4, -0.2) is 57.8 Å². The van der Waals surface area contributed by atoms with Gasteiger partial charge in [0.1, 0.15) is 0 Å². The minimum atomic E-state index is -0.00869. The van der Waals surface area contributed by atoms with Crippen molar-refractivity contribution >= 4 is 11.8 Å². The van der Waals surface area contributed by atoms with Crippen molar-refractivity contribution in [2.75, 3.05) is 26.2 Å². The molecule has 0 bridgehead atoms. The molecule has 0 aromatic carbocycles. The molecule has 1 aliphatic rings. The van der Waals surface area contributed by atoms with Gasteiger partial charge in [0.05, 0.1) is 0 Å². The van der Waals surface area contributed by atoms with Crippen LogP contribution in [0.2, 0.25) is 0 Å². The van der Waals surface area contributed by atoms with Gasteiger partial charge < -0.3 is 9.80 Å². The summed E-state index contributed by atoms with van der Waals surface area (Å²) in [5.41, 5.74) is 1.27. The molecule has 0 radical (unpaired) electrons. The lowest BCUT2D eigenvalue weighted by atomic mass is 10.2. The fourth-order valence-corrected chi connectivity index (χ4v) is 2.68. The molecule has 23 heavy (non-hydrogen) atoms. The summed E-state index contributed by atoms with van der Waals surface area (Å²) < 4.78 is 0. The molecule has 2 amide bonds. The number of nitrogens with zero attached hydrogens (tertiary/aromatic N) is 4. The van der Waals surface area contributed by atoms with Gasteiger partial charge in [0.25, 0.3) is 11.8 Å². The van der Waals surface area contributed by atoms with Crippen molar-refractivity contribution in [3.63, 3.8) is 0 Å². The van der Waals surface area contributed by atoms with E-state index in [0.717, 1.165) is 6.42 Å². The van der Waals surface area contributed by atoms with Crippen molar-refractivity contribution in [1.29, 1.82) is 0 Å². The molecule has 0 N–H and O–H groups in total. The van der Waals surface area contributed by atoms with E-state index in [2.05, 4.69) is 9.97 Å². The molecule has 3 heterocycles. The Morgan fingerprint density at radius 3 is 1.48 bits per heavy atom. The van der Waals surface area contributed by atoms with E-state index in [9.17, 15) is 9.59 Å². The third-order valence-electron chi connectivity index (χ3n) is 3.92. The molecule has 0 atom stereocenters. The fraction of sp³-hybridized carbons (Fsp3) is 0.294. The average Bonchev–Trinajstić information content (AvgIpc) is 2.88. The standard InChI is InChI=1S/C17H18N4O2/c22-16(14-2-6-18-7-3-14)20-10-1-11-21(13-12-20)17(23)15-4-8-19-9-5-15/h2-9H,1,10-13H2. The lowest BCUT2D eigenvalue weighted by Crippen LogP contribution is -2.37. The SMILES string of the molecule is O=C(c1ccncc1)N1CCCN(C(=O)c2ccncc2)CC1. The van der Waals surface area contributed by atoms with E-state index in [4.69, 9.17) is 0 Å². The molecule has 2 aromatic rings. The van der Waals surface area contributed by atoms with Gasteiger partial charge in [0, 0.05) is 62.1 Å².